The molecule has 1 N–H and O–H groups in total. The van der Waals surface area contributed by atoms with E-state index in [1.54, 1.807) is 11.8 Å². The lowest BCUT2D eigenvalue weighted by atomic mass is 10.1. The van der Waals surface area contributed by atoms with Crippen molar-refractivity contribution in [3.8, 4) is 0 Å². The molecule has 0 saturated carbocycles. The molecule has 2 aliphatic heterocycles. The molecule has 0 radical (unpaired) electrons. The third-order valence-electron chi connectivity index (χ3n) is 3.98. The van der Waals surface area contributed by atoms with Crippen LogP contribution < -0.4 is 4.72 Å². The van der Waals surface area contributed by atoms with E-state index in [2.05, 4.69) is 4.72 Å². The van der Waals surface area contributed by atoms with Crippen molar-refractivity contribution < 1.29 is 17.9 Å². The van der Waals surface area contributed by atoms with Crippen LogP contribution in [0.25, 0.3) is 0 Å². The molecule has 0 unspecified atom stereocenters. The van der Waals surface area contributed by atoms with Gasteiger partial charge in [-0.1, -0.05) is 0 Å². The summed E-state index contributed by atoms with van der Waals surface area (Å²) in [4.78, 5) is 13.0. The number of amides is 1. The standard InChI is InChI=1S/C13H25N3O4S/c1-10-8-16(9-11(2)20-10)21(18,19)14-13-4-6-15(7-5-13)12(3)17/h10-11,13-14H,4-9H2,1-3H3/t10-,11-/m1/s1. The van der Waals surface area contributed by atoms with Gasteiger partial charge in [0.15, 0.2) is 0 Å². The summed E-state index contributed by atoms with van der Waals surface area (Å²) in [6.45, 7) is 7.28. The molecule has 0 aromatic carbocycles. The fourth-order valence-electron chi connectivity index (χ4n) is 2.92. The zero-order valence-corrected chi connectivity index (χ0v) is 13.7. The van der Waals surface area contributed by atoms with Crippen LogP contribution in [0.15, 0.2) is 0 Å². The molecular formula is C13H25N3O4S. The van der Waals surface area contributed by atoms with Gasteiger partial charge >= 0.3 is 0 Å². The predicted molar refractivity (Wildman–Crippen MR) is 78.9 cm³/mol. The molecule has 2 atom stereocenters. The highest BCUT2D eigenvalue weighted by molar-refractivity contribution is 7.87. The van der Waals surface area contributed by atoms with Crippen LogP contribution in [-0.4, -0.2) is 68.0 Å². The number of carbonyl (C=O) groups is 1. The van der Waals surface area contributed by atoms with Crippen LogP contribution in [-0.2, 0) is 19.7 Å². The minimum atomic E-state index is -3.49. The Labute approximate surface area is 126 Å². The summed E-state index contributed by atoms with van der Waals surface area (Å²) in [6, 6.07) is -0.0981. The minimum absolute atomic E-state index is 0.0483. The van der Waals surface area contributed by atoms with E-state index in [-0.39, 0.29) is 24.2 Å². The van der Waals surface area contributed by atoms with Gasteiger partial charge in [0.2, 0.25) is 5.91 Å². The lowest BCUT2D eigenvalue weighted by Gasteiger charge is -2.37. The Bertz CT molecular complexity index is 464. The first kappa shape index (κ1) is 16.7. The second kappa shape index (κ2) is 6.60. The third kappa shape index (κ3) is 4.38. The molecule has 0 aliphatic carbocycles. The van der Waals surface area contributed by atoms with Crippen molar-refractivity contribution >= 4 is 16.1 Å². The fraction of sp³-hybridized carbons (Fsp3) is 0.923. The Morgan fingerprint density at radius 3 is 2.14 bits per heavy atom. The molecule has 0 bridgehead atoms. The zero-order valence-electron chi connectivity index (χ0n) is 12.9. The lowest BCUT2D eigenvalue weighted by Crippen LogP contribution is -2.55. The largest absolute Gasteiger partial charge is 0.373 e. The van der Waals surface area contributed by atoms with Crippen molar-refractivity contribution in [3.05, 3.63) is 0 Å². The van der Waals surface area contributed by atoms with Crippen molar-refractivity contribution in [2.75, 3.05) is 26.2 Å². The smallest absolute Gasteiger partial charge is 0.279 e. The number of nitrogens with one attached hydrogen (secondary N) is 1. The van der Waals surface area contributed by atoms with Crippen LogP contribution in [0.1, 0.15) is 33.6 Å². The molecule has 1 amide bonds. The number of piperidine rings is 1. The van der Waals surface area contributed by atoms with E-state index in [9.17, 15) is 13.2 Å². The van der Waals surface area contributed by atoms with Gasteiger partial charge in [-0.05, 0) is 26.7 Å². The van der Waals surface area contributed by atoms with E-state index < -0.39 is 10.2 Å². The summed E-state index contributed by atoms with van der Waals surface area (Å²) in [5.74, 6) is 0.0483. The quantitative estimate of drug-likeness (QED) is 0.790. The number of hydrogen-bond acceptors (Lipinski definition) is 4. The van der Waals surface area contributed by atoms with E-state index in [0.717, 1.165) is 0 Å². The second-order valence-corrected chi connectivity index (χ2v) is 7.68. The van der Waals surface area contributed by atoms with Crippen molar-refractivity contribution in [3.63, 3.8) is 0 Å². The van der Waals surface area contributed by atoms with Crippen LogP contribution in [0.3, 0.4) is 0 Å². The number of rotatable bonds is 3. The first-order valence-electron chi connectivity index (χ1n) is 7.46. The monoisotopic (exact) mass is 319 g/mol. The average molecular weight is 319 g/mol. The normalized spacial score (nSPS) is 29.6. The van der Waals surface area contributed by atoms with Gasteiger partial charge in [-0.15, -0.1) is 0 Å². The Hall–Kier alpha value is -0.700. The Morgan fingerprint density at radius 2 is 1.67 bits per heavy atom. The predicted octanol–water partition coefficient (Wildman–Crippen LogP) is -0.0591. The zero-order chi connectivity index (χ0) is 15.6. The molecule has 7 nitrogen and oxygen atoms in total. The maximum absolute atomic E-state index is 12.4. The van der Waals surface area contributed by atoms with Gasteiger partial charge in [-0.3, -0.25) is 4.79 Å². The van der Waals surface area contributed by atoms with Gasteiger partial charge in [0.25, 0.3) is 10.2 Å². The average Bonchev–Trinajstić information content (AvgIpc) is 2.37. The van der Waals surface area contributed by atoms with Gasteiger partial charge in [0, 0.05) is 39.1 Å². The van der Waals surface area contributed by atoms with Gasteiger partial charge in [-0.2, -0.15) is 17.4 Å². The number of ether oxygens (including phenoxy) is 1. The van der Waals surface area contributed by atoms with E-state index in [1.165, 1.54) is 4.31 Å². The summed E-state index contributed by atoms with van der Waals surface area (Å²) in [7, 11) is -3.49. The molecule has 2 saturated heterocycles. The van der Waals surface area contributed by atoms with Crippen molar-refractivity contribution in [2.45, 2.75) is 51.9 Å². The number of nitrogens with zero attached hydrogens (tertiary/aromatic N) is 2. The summed E-state index contributed by atoms with van der Waals surface area (Å²) in [5.41, 5.74) is 0. The summed E-state index contributed by atoms with van der Waals surface area (Å²) in [5, 5.41) is 0. The van der Waals surface area contributed by atoms with Gasteiger partial charge in [-0.25, -0.2) is 0 Å². The fourth-order valence-corrected chi connectivity index (χ4v) is 4.54. The number of hydrogen-bond donors (Lipinski definition) is 1. The molecule has 0 spiro atoms. The van der Waals surface area contributed by atoms with Gasteiger partial charge in [0.05, 0.1) is 12.2 Å². The Morgan fingerprint density at radius 1 is 1.14 bits per heavy atom. The first-order chi connectivity index (χ1) is 9.78. The van der Waals surface area contributed by atoms with Crippen molar-refractivity contribution in [1.29, 1.82) is 0 Å². The van der Waals surface area contributed by atoms with Crippen LogP contribution >= 0.6 is 0 Å². The van der Waals surface area contributed by atoms with E-state index in [0.29, 0.717) is 39.0 Å². The number of likely N-dealkylation sites (tertiary alicyclic amines) is 1. The first-order valence-corrected chi connectivity index (χ1v) is 8.90. The van der Waals surface area contributed by atoms with Crippen LogP contribution in [0.4, 0.5) is 0 Å². The molecule has 21 heavy (non-hydrogen) atoms. The van der Waals surface area contributed by atoms with E-state index >= 15 is 0 Å². The van der Waals surface area contributed by atoms with E-state index in [1.807, 2.05) is 13.8 Å². The molecular weight excluding hydrogens is 294 g/mol. The Kier molecular flexibility index (Phi) is 5.24. The molecule has 0 aromatic heterocycles. The second-order valence-electron chi connectivity index (χ2n) is 5.98. The molecule has 2 fully saturated rings. The minimum Gasteiger partial charge on any atom is -0.373 e. The molecule has 122 valence electrons. The number of carbonyl (C=O) groups excluding carboxylic acids is 1. The molecule has 0 aromatic rings. The van der Waals surface area contributed by atoms with Crippen LogP contribution in [0.5, 0.6) is 0 Å². The summed E-state index contributed by atoms with van der Waals surface area (Å²) < 4.78 is 34.7. The van der Waals surface area contributed by atoms with Crippen molar-refractivity contribution in [1.82, 2.24) is 13.9 Å². The maximum Gasteiger partial charge on any atom is 0.279 e. The molecule has 2 aliphatic rings. The SMILES string of the molecule is CC(=O)N1CCC(NS(=O)(=O)N2C[C@@H](C)O[C@H](C)C2)CC1. The lowest BCUT2D eigenvalue weighted by molar-refractivity contribution is -0.129. The maximum atomic E-state index is 12.4. The molecule has 2 rings (SSSR count). The highest BCUT2D eigenvalue weighted by Gasteiger charge is 2.33. The van der Waals surface area contributed by atoms with Gasteiger partial charge < -0.3 is 9.64 Å². The topological polar surface area (TPSA) is 79.0 Å². The summed E-state index contributed by atoms with van der Waals surface area (Å²) >= 11 is 0. The third-order valence-corrected chi connectivity index (χ3v) is 5.59. The highest BCUT2D eigenvalue weighted by atomic mass is 32.2. The molecule has 2 heterocycles. The Balaban J connectivity index is 1.91. The van der Waals surface area contributed by atoms with Crippen LogP contribution in [0.2, 0.25) is 0 Å². The number of morpholine rings is 1. The van der Waals surface area contributed by atoms with Crippen molar-refractivity contribution in [2.24, 2.45) is 0 Å². The summed E-state index contributed by atoms with van der Waals surface area (Å²) in [6.07, 6.45) is 1.14. The molecule has 8 heteroatoms. The highest BCUT2D eigenvalue weighted by Crippen LogP contribution is 2.16. The van der Waals surface area contributed by atoms with Crippen LogP contribution in [0, 0.1) is 0 Å². The van der Waals surface area contributed by atoms with E-state index in [4.69, 9.17) is 4.74 Å². The van der Waals surface area contributed by atoms with Gasteiger partial charge in [0.1, 0.15) is 0 Å².